The largest absolute Gasteiger partial charge is 0.493 e. The Morgan fingerprint density at radius 3 is 2.58 bits per heavy atom. The standard InChI is InChI=1S/C18H23N3O5/c1-24-15-5-3-13(11-16(15)25-2)18(23)21-14-4-6-17(20-12-14)19-7-9-26-10-8-22/h3-6,11-12,22H,7-10H2,1-2H3,(H,19,20)(H,21,23). The molecular formula is C18H23N3O5. The van der Waals surface area contributed by atoms with Crippen LogP contribution < -0.4 is 20.1 Å². The average Bonchev–Trinajstić information content (AvgIpc) is 2.68. The molecule has 0 bridgehead atoms. The van der Waals surface area contributed by atoms with E-state index >= 15 is 0 Å². The van der Waals surface area contributed by atoms with Crippen molar-refractivity contribution in [1.29, 1.82) is 0 Å². The summed E-state index contributed by atoms with van der Waals surface area (Å²) in [6.45, 7) is 1.37. The smallest absolute Gasteiger partial charge is 0.255 e. The Kier molecular flexibility index (Phi) is 7.66. The highest BCUT2D eigenvalue weighted by Gasteiger charge is 2.11. The van der Waals surface area contributed by atoms with Gasteiger partial charge in [0.05, 0.1) is 45.9 Å². The molecule has 140 valence electrons. The summed E-state index contributed by atoms with van der Waals surface area (Å²) in [7, 11) is 3.06. The molecular weight excluding hydrogens is 338 g/mol. The Hall–Kier alpha value is -2.84. The number of aliphatic hydroxyl groups is 1. The molecule has 0 saturated heterocycles. The first kappa shape index (κ1) is 19.5. The van der Waals surface area contributed by atoms with Crippen LogP contribution in [0.3, 0.4) is 0 Å². The molecule has 0 unspecified atom stereocenters. The van der Waals surface area contributed by atoms with Crippen molar-refractivity contribution in [2.75, 3.05) is 51.2 Å². The number of rotatable bonds is 10. The van der Waals surface area contributed by atoms with Crippen LogP contribution in [0.5, 0.6) is 11.5 Å². The third-order valence-corrected chi connectivity index (χ3v) is 3.46. The zero-order chi connectivity index (χ0) is 18.8. The highest BCUT2D eigenvalue weighted by Crippen LogP contribution is 2.27. The molecule has 0 aliphatic heterocycles. The van der Waals surface area contributed by atoms with E-state index in [1.165, 1.54) is 14.2 Å². The number of methoxy groups -OCH3 is 2. The molecule has 0 aliphatic rings. The number of ether oxygens (including phenoxy) is 3. The second-order valence-corrected chi connectivity index (χ2v) is 5.22. The van der Waals surface area contributed by atoms with E-state index in [9.17, 15) is 4.79 Å². The van der Waals surface area contributed by atoms with Crippen LogP contribution >= 0.6 is 0 Å². The number of anilines is 2. The van der Waals surface area contributed by atoms with Crippen LogP contribution in [0.15, 0.2) is 36.5 Å². The number of pyridine rings is 1. The molecule has 0 radical (unpaired) electrons. The van der Waals surface area contributed by atoms with Crippen molar-refractivity contribution < 1.29 is 24.1 Å². The van der Waals surface area contributed by atoms with Crippen molar-refractivity contribution in [3.8, 4) is 11.5 Å². The Morgan fingerprint density at radius 2 is 1.92 bits per heavy atom. The molecule has 0 fully saturated rings. The molecule has 0 saturated carbocycles. The van der Waals surface area contributed by atoms with Gasteiger partial charge in [0.1, 0.15) is 5.82 Å². The van der Waals surface area contributed by atoms with Crippen molar-refractivity contribution in [3.05, 3.63) is 42.1 Å². The number of aromatic nitrogens is 1. The lowest BCUT2D eigenvalue weighted by molar-refractivity contribution is 0.0992. The molecule has 1 aromatic carbocycles. The molecule has 26 heavy (non-hydrogen) atoms. The maximum absolute atomic E-state index is 12.4. The zero-order valence-corrected chi connectivity index (χ0v) is 14.8. The summed E-state index contributed by atoms with van der Waals surface area (Å²) < 4.78 is 15.5. The minimum Gasteiger partial charge on any atom is -0.493 e. The minimum absolute atomic E-state index is 0.00666. The number of hydrogen-bond donors (Lipinski definition) is 3. The van der Waals surface area contributed by atoms with Gasteiger partial charge >= 0.3 is 0 Å². The fraction of sp³-hybridized carbons (Fsp3) is 0.333. The second-order valence-electron chi connectivity index (χ2n) is 5.22. The van der Waals surface area contributed by atoms with Gasteiger partial charge in [0.15, 0.2) is 11.5 Å². The summed E-state index contributed by atoms with van der Waals surface area (Å²) in [5.41, 5.74) is 1.03. The summed E-state index contributed by atoms with van der Waals surface area (Å²) in [4.78, 5) is 16.6. The second kappa shape index (κ2) is 10.2. The zero-order valence-electron chi connectivity index (χ0n) is 14.8. The van der Waals surface area contributed by atoms with E-state index in [4.69, 9.17) is 19.3 Å². The van der Waals surface area contributed by atoms with Crippen molar-refractivity contribution >= 4 is 17.4 Å². The van der Waals surface area contributed by atoms with E-state index in [0.29, 0.717) is 48.3 Å². The predicted molar refractivity (Wildman–Crippen MR) is 98.1 cm³/mol. The molecule has 1 amide bonds. The van der Waals surface area contributed by atoms with Gasteiger partial charge in [-0.2, -0.15) is 0 Å². The fourth-order valence-corrected chi connectivity index (χ4v) is 2.17. The van der Waals surface area contributed by atoms with E-state index in [1.807, 2.05) is 0 Å². The van der Waals surface area contributed by atoms with Gasteiger partial charge in [0, 0.05) is 12.1 Å². The number of aliphatic hydroxyl groups excluding tert-OH is 1. The first-order chi connectivity index (χ1) is 12.7. The van der Waals surface area contributed by atoms with Crippen LogP contribution in [0.25, 0.3) is 0 Å². The molecule has 1 heterocycles. The van der Waals surface area contributed by atoms with Gasteiger partial charge in [-0.25, -0.2) is 4.98 Å². The van der Waals surface area contributed by atoms with Gasteiger partial charge in [0.2, 0.25) is 0 Å². The minimum atomic E-state index is -0.272. The summed E-state index contributed by atoms with van der Waals surface area (Å²) >= 11 is 0. The molecule has 2 aromatic rings. The van der Waals surface area contributed by atoms with Crippen molar-refractivity contribution in [1.82, 2.24) is 4.98 Å². The number of benzene rings is 1. The van der Waals surface area contributed by atoms with Gasteiger partial charge in [-0.1, -0.05) is 0 Å². The van der Waals surface area contributed by atoms with Gasteiger partial charge < -0.3 is 30.0 Å². The Bertz CT molecular complexity index is 706. The summed E-state index contributed by atoms with van der Waals surface area (Å²) in [6.07, 6.45) is 1.57. The maximum atomic E-state index is 12.4. The molecule has 1 aromatic heterocycles. The van der Waals surface area contributed by atoms with E-state index in [0.717, 1.165) is 0 Å². The maximum Gasteiger partial charge on any atom is 0.255 e. The van der Waals surface area contributed by atoms with E-state index in [-0.39, 0.29) is 12.5 Å². The van der Waals surface area contributed by atoms with Crippen LogP contribution in [0.1, 0.15) is 10.4 Å². The van der Waals surface area contributed by atoms with Gasteiger partial charge in [-0.15, -0.1) is 0 Å². The van der Waals surface area contributed by atoms with Gasteiger partial charge in [0.25, 0.3) is 5.91 Å². The Labute approximate surface area is 152 Å². The summed E-state index contributed by atoms with van der Waals surface area (Å²) in [5, 5.41) is 14.5. The van der Waals surface area contributed by atoms with E-state index in [1.54, 1.807) is 36.5 Å². The fourth-order valence-electron chi connectivity index (χ4n) is 2.17. The highest BCUT2D eigenvalue weighted by molar-refractivity contribution is 6.04. The molecule has 0 atom stereocenters. The van der Waals surface area contributed by atoms with E-state index < -0.39 is 0 Å². The average molecular weight is 361 g/mol. The summed E-state index contributed by atoms with van der Waals surface area (Å²) in [5.74, 6) is 1.44. The first-order valence-electron chi connectivity index (χ1n) is 8.10. The third kappa shape index (κ3) is 5.61. The molecule has 2 rings (SSSR count). The van der Waals surface area contributed by atoms with Crippen molar-refractivity contribution in [2.24, 2.45) is 0 Å². The van der Waals surface area contributed by atoms with Crippen LogP contribution in [-0.4, -0.2) is 56.6 Å². The first-order valence-corrected chi connectivity index (χ1v) is 8.10. The number of nitrogens with one attached hydrogen (secondary N) is 2. The molecule has 8 nitrogen and oxygen atoms in total. The molecule has 8 heteroatoms. The number of carbonyl (C=O) groups excluding carboxylic acids is 1. The SMILES string of the molecule is COc1ccc(C(=O)Nc2ccc(NCCOCCO)nc2)cc1OC. The highest BCUT2D eigenvalue weighted by atomic mass is 16.5. The number of hydrogen-bond acceptors (Lipinski definition) is 7. The lowest BCUT2D eigenvalue weighted by atomic mass is 10.2. The van der Waals surface area contributed by atoms with Crippen LogP contribution in [0.4, 0.5) is 11.5 Å². The Balaban J connectivity index is 1.91. The number of nitrogens with zero attached hydrogens (tertiary/aromatic N) is 1. The molecule has 0 aliphatic carbocycles. The van der Waals surface area contributed by atoms with E-state index in [2.05, 4.69) is 15.6 Å². The van der Waals surface area contributed by atoms with Crippen molar-refractivity contribution in [2.45, 2.75) is 0 Å². The number of carbonyl (C=O) groups is 1. The van der Waals surface area contributed by atoms with Crippen molar-refractivity contribution in [3.63, 3.8) is 0 Å². The predicted octanol–water partition coefficient (Wildman–Crippen LogP) is 1.77. The van der Waals surface area contributed by atoms with Crippen LogP contribution in [-0.2, 0) is 4.74 Å². The lowest BCUT2D eigenvalue weighted by Crippen LogP contribution is -2.13. The van der Waals surface area contributed by atoms with Gasteiger partial charge in [-0.05, 0) is 30.3 Å². The number of amides is 1. The Morgan fingerprint density at radius 1 is 1.12 bits per heavy atom. The van der Waals surface area contributed by atoms with Crippen LogP contribution in [0.2, 0.25) is 0 Å². The third-order valence-electron chi connectivity index (χ3n) is 3.46. The van der Waals surface area contributed by atoms with Crippen LogP contribution in [0, 0.1) is 0 Å². The topological polar surface area (TPSA) is 102 Å². The summed E-state index contributed by atoms with van der Waals surface area (Å²) in [6, 6.07) is 8.47. The molecule has 0 spiro atoms. The van der Waals surface area contributed by atoms with Gasteiger partial charge in [-0.3, -0.25) is 4.79 Å². The normalized spacial score (nSPS) is 10.3. The quantitative estimate of drug-likeness (QED) is 0.554. The lowest BCUT2D eigenvalue weighted by Gasteiger charge is -2.10. The molecule has 3 N–H and O–H groups in total. The monoisotopic (exact) mass is 361 g/mol.